The molecule has 0 atom stereocenters. The fourth-order valence-corrected chi connectivity index (χ4v) is 0.433. The summed E-state index contributed by atoms with van der Waals surface area (Å²) < 4.78 is 4.61. The average molecular weight is 123 g/mol. The normalized spacial score (nSPS) is 9.43. The van der Waals surface area contributed by atoms with Crippen LogP contribution < -0.4 is 5.73 Å². The number of hydrogen-bond acceptors (Lipinski definition) is 4. The molecule has 0 aliphatic rings. The van der Waals surface area contributed by atoms with Crippen molar-refractivity contribution in [2.75, 3.05) is 19.1 Å². The van der Waals surface area contributed by atoms with Crippen molar-refractivity contribution in [3.05, 3.63) is 0 Å². The molecule has 0 saturated heterocycles. The van der Waals surface area contributed by atoms with Gasteiger partial charge < -0.3 is 15.0 Å². The van der Waals surface area contributed by atoms with Crippen LogP contribution in [0.2, 0.25) is 0 Å². The lowest BCUT2D eigenvalue weighted by molar-refractivity contribution is 0.316. The number of nitrogens with two attached hydrogens (primary N) is 1. The van der Waals surface area contributed by atoms with Crippen LogP contribution in [-0.2, 0) is 4.18 Å². The molecule has 0 saturated carbocycles. The molecule has 44 valence electrons. The molecule has 3 nitrogen and oxygen atoms in total. The van der Waals surface area contributed by atoms with Crippen molar-refractivity contribution in [2.45, 2.75) is 0 Å². The minimum Gasteiger partial charge on any atom is -0.395 e. The Labute approximate surface area is 47.0 Å². The first-order valence-electron chi connectivity index (χ1n) is 1.97. The Bertz CT molecular complexity index is 32.1. The summed E-state index contributed by atoms with van der Waals surface area (Å²) in [6.45, 7) is 0.356. The van der Waals surface area contributed by atoms with Crippen molar-refractivity contribution in [1.82, 2.24) is 0 Å². The highest BCUT2D eigenvalue weighted by atomic mass is 32.2. The Balaban J connectivity index is 2.45. The summed E-state index contributed by atoms with van der Waals surface area (Å²) in [5.74, 6) is 0.594. The van der Waals surface area contributed by atoms with Crippen molar-refractivity contribution in [1.29, 1.82) is 0 Å². The molecule has 0 heterocycles. The lowest BCUT2D eigenvalue weighted by atomic mass is 10.9. The van der Waals surface area contributed by atoms with Gasteiger partial charge in [0.05, 0.1) is 6.61 Å². The summed E-state index contributed by atoms with van der Waals surface area (Å²) in [6, 6.07) is 0. The molecule has 0 bridgehead atoms. The SMILES string of the molecule is NCOSCCO. The van der Waals surface area contributed by atoms with E-state index in [9.17, 15) is 0 Å². The fraction of sp³-hybridized carbons (Fsp3) is 1.00. The Morgan fingerprint density at radius 2 is 2.43 bits per heavy atom. The zero-order valence-corrected chi connectivity index (χ0v) is 4.78. The third-order valence-corrected chi connectivity index (χ3v) is 0.978. The van der Waals surface area contributed by atoms with Crippen LogP contribution in [0.4, 0.5) is 0 Å². The molecule has 0 aliphatic carbocycles. The van der Waals surface area contributed by atoms with Crippen molar-refractivity contribution in [3.63, 3.8) is 0 Å². The summed E-state index contributed by atoms with van der Waals surface area (Å²) in [5.41, 5.74) is 4.94. The summed E-state index contributed by atoms with van der Waals surface area (Å²) in [4.78, 5) is 0. The van der Waals surface area contributed by atoms with E-state index in [1.54, 1.807) is 0 Å². The minimum absolute atomic E-state index is 0.144. The summed E-state index contributed by atoms with van der Waals surface area (Å²) in [7, 11) is 0. The van der Waals surface area contributed by atoms with Gasteiger partial charge in [0.1, 0.15) is 6.73 Å². The second kappa shape index (κ2) is 6.23. The van der Waals surface area contributed by atoms with Gasteiger partial charge >= 0.3 is 0 Å². The third kappa shape index (κ3) is 6.23. The van der Waals surface area contributed by atoms with Crippen LogP contribution in [0, 0.1) is 0 Å². The maximum Gasteiger partial charge on any atom is 0.109 e. The van der Waals surface area contributed by atoms with Crippen LogP contribution in [0.25, 0.3) is 0 Å². The van der Waals surface area contributed by atoms with E-state index in [1.165, 1.54) is 12.0 Å². The molecule has 7 heavy (non-hydrogen) atoms. The van der Waals surface area contributed by atoms with E-state index in [2.05, 4.69) is 4.18 Å². The van der Waals surface area contributed by atoms with Crippen LogP contribution in [-0.4, -0.2) is 24.2 Å². The number of aliphatic hydroxyl groups is 1. The van der Waals surface area contributed by atoms with Gasteiger partial charge in [-0.25, -0.2) is 0 Å². The highest BCUT2D eigenvalue weighted by Crippen LogP contribution is 1.96. The van der Waals surface area contributed by atoms with Gasteiger partial charge in [-0.2, -0.15) is 0 Å². The Hall–Kier alpha value is 0.230. The third-order valence-electron chi connectivity index (χ3n) is 0.326. The Kier molecular flexibility index (Phi) is 6.43. The standard InChI is InChI=1S/C3H9NO2S/c4-3-6-7-2-1-5/h5H,1-4H2. The first kappa shape index (κ1) is 7.23. The molecule has 0 aliphatic heterocycles. The van der Waals surface area contributed by atoms with Gasteiger partial charge in [0.15, 0.2) is 0 Å². The zero-order valence-electron chi connectivity index (χ0n) is 3.96. The molecular weight excluding hydrogens is 114 g/mol. The van der Waals surface area contributed by atoms with Gasteiger partial charge in [-0.05, 0) is 12.0 Å². The lowest BCUT2D eigenvalue weighted by Crippen LogP contribution is -1.99. The maximum atomic E-state index is 8.15. The van der Waals surface area contributed by atoms with E-state index in [-0.39, 0.29) is 13.3 Å². The van der Waals surface area contributed by atoms with Crippen molar-refractivity contribution in [3.8, 4) is 0 Å². The monoisotopic (exact) mass is 123 g/mol. The molecule has 0 unspecified atom stereocenters. The van der Waals surface area contributed by atoms with Gasteiger partial charge in [-0.15, -0.1) is 0 Å². The average Bonchev–Trinajstić information content (AvgIpc) is 1.69. The van der Waals surface area contributed by atoms with Gasteiger partial charge in [0.2, 0.25) is 0 Å². The van der Waals surface area contributed by atoms with E-state index in [1.807, 2.05) is 0 Å². The van der Waals surface area contributed by atoms with Gasteiger partial charge in [-0.3, -0.25) is 0 Å². The number of hydrogen-bond donors (Lipinski definition) is 2. The molecule has 4 heteroatoms. The smallest absolute Gasteiger partial charge is 0.109 e. The lowest BCUT2D eigenvalue weighted by Gasteiger charge is -1.92. The van der Waals surface area contributed by atoms with Crippen LogP contribution >= 0.6 is 12.0 Å². The molecule has 0 spiro atoms. The van der Waals surface area contributed by atoms with Crippen LogP contribution in [0.3, 0.4) is 0 Å². The fourth-order valence-electron chi connectivity index (χ4n) is 0.144. The molecule has 0 aromatic rings. The van der Waals surface area contributed by atoms with Gasteiger partial charge in [0, 0.05) is 5.75 Å². The minimum atomic E-state index is 0.144. The highest BCUT2D eigenvalue weighted by molar-refractivity contribution is 7.94. The van der Waals surface area contributed by atoms with E-state index < -0.39 is 0 Å². The molecule has 0 aromatic heterocycles. The molecule has 0 amide bonds. The predicted molar refractivity (Wildman–Crippen MR) is 29.7 cm³/mol. The zero-order chi connectivity index (χ0) is 5.54. The molecule has 0 aromatic carbocycles. The number of rotatable bonds is 4. The molecule has 0 rings (SSSR count). The Morgan fingerprint density at radius 1 is 1.71 bits per heavy atom. The topological polar surface area (TPSA) is 55.5 Å². The van der Waals surface area contributed by atoms with Gasteiger partial charge in [0.25, 0.3) is 0 Å². The van der Waals surface area contributed by atoms with Crippen molar-refractivity contribution >= 4 is 12.0 Å². The largest absolute Gasteiger partial charge is 0.395 e. The molecule has 3 N–H and O–H groups in total. The second-order valence-corrected chi connectivity index (χ2v) is 1.71. The van der Waals surface area contributed by atoms with Crippen LogP contribution in [0.1, 0.15) is 0 Å². The van der Waals surface area contributed by atoms with E-state index in [0.717, 1.165) is 0 Å². The van der Waals surface area contributed by atoms with Crippen LogP contribution in [0.5, 0.6) is 0 Å². The second-order valence-electron chi connectivity index (χ2n) is 0.830. The first-order chi connectivity index (χ1) is 3.41. The van der Waals surface area contributed by atoms with Crippen LogP contribution in [0.15, 0.2) is 0 Å². The quantitative estimate of drug-likeness (QED) is 0.302. The van der Waals surface area contributed by atoms with Crippen molar-refractivity contribution < 1.29 is 9.29 Å². The summed E-state index contributed by atoms with van der Waals surface area (Å²) in [5, 5.41) is 8.15. The predicted octanol–water partition coefficient (Wildman–Crippen LogP) is -0.440. The van der Waals surface area contributed by atoms with E-state index >= 15 is 0 Å². The number of aliphatic hydroxyl groups excluding tert-OH is 1. The summed E-state index contributed by atoms with van der Waals surface area (Å²) >= 11 is 1.18. The molecule has 0 fully saturated rings. The molecular formula is C3H9NO2S. The van der Waals surface area contributed by atoms with Crippen molar-refractivity contribution in [2.24, 2.45) is 5.73 Å². The molecule has 0 radical (unpaired) electrons. The van der Waals surface area contributed by atoms with Gasteiger partial charge in [-0.1, -0.05) is 0 Å². The summed E-state index contributed by atoms with van der Waals surface area (Å²) in [6.07, 6.45) is 0. The Morgan fingerprint density at radius 3 is 2.86 bits per heavy atom. The van der Waals surface area contributed by atoms with E-state index in [4.69, 9.17) is 10.8 Å². The highest BCUT2D eigenvalue weighted by Gasteiger charge is 1.80. The van der Waals surface area contributed by atoms with E-state index in [0.29, 0.717) is 5.75 Å². The maximum absolute atomic E-state index is 8.15. The first-order valence-corrected chi connectivity index (χ1v) is 2.88.